The summed E-state index contributed by atoms with van der Waals surface area (Å²) < 4.78 is 28.6. The van der Waals surface area contributed by atoms with Gasteiger partial charge in [0.25, 0.3) is 5.91 Å². The molecule has 6 amide bonds. The molecule has 1 fully saturated rings. The highest BCUT2D eigenvalue weighted by atomic mass is 32.2. The number of ketones is 2. The van der Waals surface area contributed by atoms with Gasteiger partial charge < -0.3 is 46.4 Å². The molecule has 21 heteroatoms. The van der Waals surface area contributed by atoms with E-state index in [1.807, 2.05) is 0 Å². The third-order valence-corrected chi connectivity index (χ3v) is 11.8. The number of phenolic OH excluding ortho intramolecular Hbond substituents is 2. The normalized spacial score (nSPS) is 16.6. The summed E-state index contributed by atoms with van der Waals surface area (Å²) in [5.74, 6) is -5.97. The molecule has 328 valence electrons. The van der Waals surface area contributed by atoms with Crippen LogP contribution in [-0.4, -0.2) is 134 Å². The fourth-order valence-electron chi connectivity index (χ4n) is 7.74. The first-order valence-corrected chi connectivity index (χ1v) is 21.6. The van der Waals surface area contributed by atoms with Crippen LogP contribution in [0.1, 0.15) is 79.1 Å². The molecule has 1 saturated heterocycles. The first-order chi connectivity index (χ1) is 29.5. The van der Waals surface area contributed by atoms with Gasteiger partial charge in [0.05, 0.1) is 36.9 Å². The maximum atomic E-state index is 13.5. The summed E-state index contributed by atoms with van der Waals surface area (Å²) in [4.78, 5) is 108. The van der Waals surface area contributed by atoms with Crippen molar-refractivity contribution < 1.29 is 61.7 Å². The third kappa shape index (κ3) is 9.51. The lowest BCUT2D eigenvalue weighted by atomic mass is 9.75. The smallest absolute Gasteiger partial charge is 0.269 e. The number of ether oxygens (including phenoxy) is 1. The van der Waals surface area contributed by atoms with Crippen molar-refractivity contribution in [2.75, 3.05) is 52.6 Å². The van der Waals surface area contributed by atoms with Crippen LogP contribution in [0.15, 0.2) is 41.4 Å². The molecule has 3 aromatic rings. The summed E-state index contributed by atoms with van der Waals surface area (Å²) in [6, 6.07) is 7.61. The zero-order valence-corrected chi connectivity index (χ0v) is 34.6. The second kappa shape index (κ2) is 18.8. The van der Waals surface area contributed by atoms with Gasteiger partial charge in [-0.1, -0.05) is 18.2 Å². The number of nitrogens with one attached hydrogen (secondary N) is 5. The molecule has 0 radical (unpaired) electrons. The summed E-state index contributed by atoms with van der Waals surface area (Å²) in [6.45, 7) is -0.687. The van der Waals surface area contributed by atoms with Crippen LogP contribution in [0.2, 0.25) is 0 Å². The number of benzene rings is 2. The fraction of sp³-hybridized carbons (Fsp3) is 0.390. The maximum Gasteiger partial charge on any atom is 0.269 e. The van der Waals surface area contributed by atoms with Crippen molar-refractivity contribution in [1.29, 1.82) is 0 Å². The van der Waals surface area contributed by atoms with Crippen LogP contribution in [0.4, 0.5) is 0 Å². The quantitative estimate of drug-likeness (QED) is 0.0561. The van der Waals surface area contributed by atoms with E-state index in [1.165, 1.54) is 48.4 Å². The Morgan fingerprint density at radius 1 is 0.790 bits per heavy atom. The number of rotatable bonds is 15. The minimum Gasteiger partial charge on any atom is -0.507 e. The van der Waals surface area contributed by atoms with E-state index in [1.54, 1.807) is 0 Å². The van der Waals surface area contributed by atoms with E-state index in [0.29, 0.717) is 12.8 Å². The Balaban J connectivity index is 0.908. The number of hydrogen-bond donors (Lipinski definition) is 7. The molecule has 2 atom stereocenters. The van der Waals surface area contributed by atoms with E-state index in [4.69, 9.17) is 4.74 Å². The molecule has 3 aliphatic rings. The van der Waals surface area contributed by atoms with Crippen LogP contribution in [0.25, 0.3) is 0 Å². The highest BCUT2D eigenvalue weighted by Crippen LogP contribution is 2.47. The summed E-state index contributed by atoms with van der Waals surface area (Å²) >= 11 is 0. The predicted octanol–water partition coefficient (Wildman–Crippen LogP) is -0.939. The molecule has 1 aromatic heterocycles. The third-order valence-electron chi connectivity index (χ3n) is 10.9. The van der Waals surface area contributed by atoms with Crippen molar-refractivity contribution >= 4 is 56.8 Å². The maximum absolute atomic E-state index is 13.5. The van der Waals surface area contributed by atoms with Crippen molar-refractivity contribution in [2.45, 2.75) is 49.6 Å². The molecule has 2 unspecified atom stereocenters. The van der Waals surface area contributed by atoms with Gasteiger partial charge >= 0.3 is 0 Å². The number of methoxy groups -OCH3 is 1. The van der Waals surface area contributed by atoms with Crippen LogP contribution in [0.5, 0.6) is 17.2 Å². The van der Waals surface area contributed by atoms with Crippen LogP contribution in [-0.2, 0) is 46.7 Å². The standard InChI is InChI=1S/C41H45N7O13S/c1-61-27-9-3-6-23-32(27)38(55)34-33(36(23)53)37(54)24-18-21(11-12-22(24)35(34)52)39(56)43-15-16-44-41(58)26-8-5-17-48(26)31(51)20-46-29(50)19-45-28(49)13-14-42-40(57)25-7-4-10-30(47-25)62(2,59)60/h3-4,6-7,9-10,21,26,52,54H,5,8,11-20H2,1-2H3,(H,42,57)(H,43,56)(H,44,58)(H,45,49)(H,46,50). The number of aromatic hydroxyl groups is 2. The second-order valence-electron chi connectivity index (χ2n) is 14.9. The summed E-state index contributed by atoms with van der Waals surface area (Å²) in [6.07, 6.45) is 2.06. The van der Waals surface area contributed by atoms with Gasteiger partial charge in [-0.05, 0) is 50.3 Å². The van der Waals surface area contributed by atoms with E-state index in [9.17, 15) is 57.0 Å². The summed E-state index contributed by atoms with van der Waals surface area (Å²) in [7, 11) is -2.27. The van der Waals surface area contributed by atoms with E-state index >= 15 is 0 Å². The zero-order valence-electron chi connectivity index (χ0n) is 33.8. The second-order valence-corrected chi connectivity index (χ2v) is 16.9. The van der Waals surface area contributed by atoms with Gasteiger partial charge in [0.2, 0.25) is 35.3 Å². The number of amides is 6. The van der Waals surface area contributed by atoms with Crippen molar-refractivity contribution in [3.8, 4) is 17.2 Å². The van der Waals surface area contributed by atoms with Crippen molar-refractivity contribution in [2.24, 2.45) is 5.92 Å². The predicted molar refractivity (Wildman–Crippen MR) is 216 cm³/mol. The number of aromatic nitrogens is 1. The van der Waals surface area contributed by atoms with Gasteiger partial charge in [-0.25, -0.2) is 13.4 Å². The van der Waals surface area contributed by atoms with E-state index in [2.05, 4.69) is 31.6 Å². The number of fused-ring (bicyclic) bond motifs is 3. The minimum atomic E-state index is -3.63. The number of likely N-dealkylation sites (tertiary alicyclic amines) is 1. The van der Waals surface area contributed by atoms with Gasteiger partial charge in [0.15, 0.2) is 20.6 Å². The molecule has 20 nitrogen and oxygen atoms in total. The van der Waals surface area contributed by atoms with Gasteiger partial charge in [-0.2, -0.15) is 0 Å². The van der Waals surface area contributed by atoms with E-state index in [-0.39, 0.29) is 108 Å². The minimum absolute atomic E-state index is 0.00264. The molecular formula is C41H45N7O13S. The molecule has 0 saturated carbocycles. The first kappa shape index (κ1) is 44.6. The van der Waals surface area contributed by atoms with Gasteiger partial charge in [0.1, 0.15) is 29.0 Å². The first-order valence-electron chi connectivity index (χ1n) is 19.7. The number of carbonyl (C=O) groups excluding carboxylic acids is 8. The molecule has 1 aliphatic heterocycles. The Hall–Kier alpha value is -6.90. The van der Waals surface area contributed by atoms with Crippen molar-refractivity contribution in [3.63, 3.8) is 0 Å². The number of nitrogens with zero attached hydrogens (tertiary/aromatic N) is 2. The van der Waals surface area contributed by atoms with Crippen LogP contribution in [0.3, 0.4) is 0 Å². The Labute approximate surface area is 355 Å². The average Bonchev–Trinajstić information content (AvgIpc) is 3.76. The summed E-state index contributed by atoms with van der Waals surface area (Å²) in [5.41, 5.74) is -0.260. The Bertz CT molecular complexity index is 2490. The molecule has 6 rings (SSSR count). The lowest BCUT2D eigenvalue weighted by molar-refractivity contribution is -0.138. The molecule has 0 spiro atoms. The van der Waals surface area contributed by atoms with Gasteiger partial charge in [-0.15, -0.1) is 0 Å². The molecule has 2 heterocycles. The molecule has 2 aliphatic carbocycles. The number of phenols is 2. The van der Waals surface area contributed by atoms with Crippen molar-refractivity contribution in [3.05, 3.63) is 75.5 Å². The Kier molecular flexibility index (Phi) is 13.5. The van der Waals surface area contributed by atoms with Gasteiger partial charge in [0, 0.05) is 61.5 Å². The van der Waals surface area contributed by atoms with Gasteiger partial charge in [-0.3, -0.25) is 38.4 Å². The number of hydrogen-bond acceptors (Lipinski definition) is 14. The zero-order chi connectivity index (χ0) is 44.9. The number of sulfone groups is 1. The topological polar surface area (TPSA) is 297 Å². The highest BCUT2D eigenvalue weighted by Gasteiger charge is 2.41. The lowest BCUT2D eigenvalue weighted by Crippen LogP contribution is -2.50. The van der Waals surface area contributed by atoms with Crippen LogP contribution < -0.4 is 31.3 Å². The van der Waals surface area contributed by atoms with Crippen LogP contribution in [0, 0.1) is 5.92 Å². The molecular weight excluding hydrogens is 831 g/mol. The van der Waals surface area contributed by atoms with E-state index < -0.39 is 87.5 Å². The Morgan fingerprint density at radius 2 is 1.47 bits per heavy atom. The Morgan fingerprint density at radius 3 is 2.19 bits per heavy atom. The monoisotopic (exact) mass is 875 g/mol. The number of carbonyl (C=O) groups is 8. The summed E-state index contributed by atoms with van der Waals surface area (Å²) in [5, 5.41) is 34.9. The van der Waals surface area contributed by atoms with Crippen molar-refractivity contribution in [1.82, 2.24) is 36.5 Å². The SMILES string of the molecule is COc1cccc2c1C(=O)c1c(O)c3c(c(O)c1C2=O)CC(C(=O)NCCNC(=O)C1CCCN1C(=O)CNC(=O)CNC(=O)CCNC(=O)c1cccc(S(C)(=O)=O)n1)CC3. The molecule has 0 bridgehead atoms. The molecule has 2 aromatic carbocycles. The average molecular weight is 876 g/mol. The lowest BCUT2D eigenvalue weighted by Gasteiger charge is -2.29. The fourth-order valence-corrected chi connectivity index (χ4v) is 8.33. The largest absolute Gasteiger partial charge is 0.507 e. The van der Waals surface area contributed by atoms with E-state index in [0.717, 1.165) is 6.26 Å². The molecule has 62 heavy (non-hydrogen) atoms. The van der Waals surface area contributed by atoms with Crippen LogP contribution >= 0.6 is 0 Å². The highest BCUT2D eigenvalue weighted by molar-refractivity contribution is 7.90. The molecule has 7 N–H and O–H groups in total. The number of pyridine rings is 1.